The van der Waals surface area contributed by atoms with E-state index in [1.165, 1.54) is 0 Å². The van der Waals surface area contributed by atoms with Crippen molar-refractivity contribution in [3.63, 3.8) is 0 Å². The average molecular weight is 288 g/mol. The molecule has 88 valence electrons. The first-order chi connectivity index (χ1) is 7.74. The van der Waals surface area contributed by atoms with Crippen LogP contribution in [0.4, 0.5) is 5.69 Å². The van der Waals surface area contributed by atoms with Gasteiger partial charge in [0, 0.05) is 26.0 Å². The van der Waals surface area contributed by atoms with Gasteiger partial charge in [-0.3, -0.25) is 9.78 Å². The Kier molecular flexibility index (Phi) is 5.81. The van der Waals surface area contributed by atoms with Crippen LogP contribution in [-0.2, 0) is 9.53 Å². The van der Waals surface area contributed by atoms with Crippen molar-refractivity contribution in [1.82, 2.24) is 10.3 Å². The molecule has 6 heteroatoms. The summed E-state index contributed by atoms with van der Waals surface area (Å²) < 4.78 is 5.66. The Balaban J connectivity index is 2.29. The van der Waals surface area contributed by atoms with Gasteiger partial charge in [-0.15, -0.1) is 0 Å². The Bertz CT molecular complexity index is 347. The third-order valence-corrected chi connectivity index (χ3v) is 2.47. The number of hydrogen-bond acceptors (Lipinski definition) is 4. The summed E-state index contributed by atoms with van der Waals surface area (Å²) in [5.41, 5.74) is 0.844. The van der Waals surface area contributed by atoms with Crippen LogP contribution in [0.5, 0.6) is 0 Å². The number of nitrogens with one attached hydrogen (secondary N) is 2. The van der Waals surface area contributed by atoms with Gasteiger partial charge in [0.25, 0.3) is 0 Å². The SMILES string of the molecule is COCCNC(=O)CNc1ccncc1Br. The third-order valence-electron chi connectivity index (χ3n) is 1.84. The molecule has 5 nitrogen and oxygen atoms in total. The van der Waals surface area contributed by atoms with Gasteiger partial charge in [-0.1, -0.05) is 0 Å². The zero-order valence-corrected chi connectivity index (χ0v) is 10.6. The van der Waals surface area contributed by atoms with Crippen molar-refractivity contribution in [2.45, 2.75) is 0 Å². The second kappa shape index (κ2) is 7.19. The number of aromatic nitrogens is 1. The number of pyridine rings is 1. The maximum atomic E-state index is 11.3. The van der Waals surface area contributed by atoms with E-state index in [0.29, 0.717) is 13.2 Å². The van der Waals surface area contributed by atoms with Crippen LogP contribution in [0.2, 0.25) is 0 Å². The molecule has 0 aliphatic rings. The highest BCUT2D eigenvalue weighted by molar-refractivity contribution is 9.10. The van der Waals surface area contributed by atoms with Crippen molar-refractivity contribution in [2.24, 2.45) is 0 Å². The van der Waals surface area contributed by atoms with E-state index in [2.05, 4.69) is 31.5 Å². The molecule has 0 saturated carbocycles. The lowest BCUT2D eigenvalue weighted by molar-refractivity contribution is -0.119. The summed E-state index contributed by atoms with van der Waals surface area (Å²) in [6.07, 6.45) is 3.33. The fourth-order valence-corrected chi connectivity index (χ4v) is 1.44. The molecule has 0 unspecified atom stereocenters. The quantitative estimate of drug-likeness (QED) is 0.767. The lowest BCUT2D eigenvalue weighted by Gasteiger charge is -2.08. The Morgan fingerprint density at radius 1 is 1.62 bits per heavy atom. The first kappa shape index (κ1) is 12.9. The number of hydrogen-bond donors (Lipinski definition) is 2. The van der Waals surface area contributed by atoms with Crippen molar-refractivity contribution < 1.29 is 9.53 Å². The topological polar surface area (TPSA) is 63.2 Å². The van der Waals surface area contributed by atoms with Crippen molar-refractivity contribution >= 4 is 27.5 Å². The highest BCUT2D eigenvalue weighted by Gasteiger charge is 2.02. The highest BCUT2D eigenvalue weighted by Crippen LogP contribution is 2.19. The maximum absolute atomic E-state index is 11.3. The summed E-state index contributed by atoms with van der Waals surface area (Å²) in [5, 5.41) is 5.72. The summed E-state index contributed by atoms with van der Waals surface area (Å²) >= 11 is 3.33. The highest BCUT2D eigenvalue weighted by atomic mass is 79.9. The second-order valence-corrected chi connectivity index (χ2v) is 3.91. The molecule has 0 fully saturated rings. The van der Waals surface area contributed by atoms with Crippen LogP contribution in [0.25, 0.3) is 0 Å². The van der Waals surface area contributed by atoms with E-state index in [9.17, 15) is 4.79 Å². The number of halogens is 1. The predicted octanol–water partition coefficient (Wildman–Crippen LogP) is 1.02. The molecule has 2 N–H and O–H groups in total. The Labute approximate surface area is 103 Å². The monoisotopic (exact) mass is 287 g/mol. The van der Waals surface area contributed by atoms with Crippen LogP contribution in [0.15, 0.2) is 22.9 Å². The van der Waals surface area contributed by atoms with Crippen molar-refractivity contribution in [3.8, 4) is 0 Å². The van der Waals surface area contributed by atoms with Crippen molar-refractivity contribution in [2.75, 3.05) is 32.1 Å². The first-order valence-corrected chi connectivity index (χ1v) is 5.62. The number of carbonyl (C=O) groups is 1. The molecule has 0 radical (unpaired) electrons. The summed E-state index contributed by atoms with van der Waals surface area (Å²) in [5.74, 6) is -0.0687. The molecule has 0 saturated heterocycles. The van der Waals surface area contributed by atoms with Crippen LogP contribution in [0, 0.1) is 0 Å². The molecule has 1 heterocycles. The molecule has 0 aromatic carbocycles. The normalized spacial score (nSPS) is 9.88. The minimum absolute atomic E-state index is 0.0687. The van der Waals surface area contributed by atoms with Crippen LogP contribution in [0.3, 0.4) is 0 Å². The van der Waals surface area contributed by atoms with Crippen LogP contribution in [-0.4, -0.2) is 37.7 Å². The van der Waals surface area contributed by atoms with Crippen LogP contribution >= 0.6 is 15.9 Å². The molecule has 1 aromatic rings. The van der Waals surface area contributed by atoms with Gasteiger partial charge < -0.3 is 15.4 Å². The molecule has 0 aliphatic heterocycles. The largest absolute Gasteiger partial charge is 0.383 e. The van der Waals surface area contributed by atoms with Gasteiger partial charge >= 0.3 is 0 Å². The molecule has 1 rings (SSSR count). The Hall–Kier alpha value is -1.14. The lowest BCUT2D eigenvalue weighted by Crippen LogP contribution is -2.32. The molecule has 1 amide bonds. The van der Waals surface area contributed by atoms with Crippen LogP contribution in [0.1, 0.15) is 0 Å². The number of ether oxygens (including phenoxy) is 1. The fourth-order valence-electron chi connectivity index (χ4n) is 1.05. The lowest BCUT2D eigenvalue weighted by atomic mass is 10.4. The van der Waals surface area contributed by atoms with Gasteiger partial charge in [0.1, 0.15) is 0 Å². The van der Waals surface area contributed by atoms with E-state index in [-0.39, 0.29) is 12.5 Å². The molecule has 1 aromatic heterocycles. The zero-order valence-electron chi connectivity index (χ0n) is 9.00. The van der Waals surface area contributed by atoms with Gasteiger partial charge in [0.2, 0.25) is 5.91 Å². The first-order valence-electron chi connectivity index (χ1n) is 4.83. The molecule has 0 bridgehead atoms. The van der Waals surface area contributed by atoms with E-state index in [1.54, 1.807) is 25.6 Å². The van der Waals surface area contributed by atoms with E-state index < -0.39 is 0 Å². The maximum Gasteiger partial charge on any atom is 0.239 e. The minimum atomic E-state index is -0.0687. The van der Waals surface area contributed by atoms with Gasteiger partial charge in [-0.2, -0.15) is 0 Å². The molecule has 0 aliphatic carbocycles. The summed E-state index contributed by atoms with van der Waals surface area (Å²) in [6, 6.07) is 1.80. The number of nitrogens with zero attached hydrogens (tertiary/aromatic N) is 1. The standard InChI is InChI=1S/C10H14BrN3O2/c1-16-5-4-13-10(15)7-14-9-2-3-12-6-8(9)11/h2-3,6H,4-5,7H2,1H3,(H,12,14)(H,13,15). The summed E-state index contributed by atoms with van der Waals surface area (Å²) in [6.45, 7) is 1.27. The van der Waals surface area contributed by atoms with Crippen LogP contribution < -0.4 is 10.6 Å². The molecule has 0 spiro atoms. The van der Waals surface area contributed by atoms with E-state index in [4.69, 9.17) is 4.74 Å². The minimum Gasteiger partial charge on any atom is -0.383 e. The van der Waals surface area contributed by atoms with Gasteiger partial charge in [-0.05, 0) is 22.0 Å². The molecule has 16 heavy (non-hydrogen) atoms. The number of rotatable bonds is 6. The number of anilines is 1. The van der Waals surface area contributed by atoms with Gasteiger partial charge in [-0.25, -0.2) is 0 Å². The van der Waals surface area contributed by atoms with E-state index >= 15 is 0 Å². The molecular weight excluding hydrogens is 274 g/mol. The number of carbonyl (C=O) groups excluding carboxylic acids is 1. The summed E-state index contributed by atoms with van der Waals surface area (Å²) in [7, 11) is 1.60. The Morgan fingerprint density at radius 3 is 3.12 bits per heavy atom. The smallest absolute Gasteiger partial charge is 0.239 e. The average Bonchev–Trinajstić information content (AvgIpc) is 2.28. The van der Waals surface area contributed by atoms with Crippen molar-refractivity contribution in [1.29, 1.82) is 0 Å². The second-order valence-electron chi connectivity index (χ2n) is 3.05. The van der Waals surface area contributed by atoms with Crippen molar-refractivity contribution in [3.05, 3.63) is 22.9 Å². The molecular formula is C10H14BrN3O2. The third kappa shape index (κ3) is 4.59. The van der Waals surface area contributed by atoms with Gasteiger partial charge in [0.05, 0.1) is 23.3 Å². The number of methoxy groups -OCH3 is 1. The number of amides is 1. The van der Waals surface area contributed by atoms with E-state index in [0.717, 1.165) is 10.2 Å². The van der Waals surface area contributed by atoms with Gasteiger partial charge in [0.15, 0.2) is 0 Å². The Morgan fingerprint density at radius 2 is 2.44 bits per heavy atom. The zero-order chi connectivity index (χ0) is 11.8. The predicted molar refractivity (Wildman–Crippen MR) is 65.3 cm³/mol. The van der Waals surface area contributed by atoms with E-state index in [1.807, 2.05) is 0 Å². The molecule has 0 atom stereocenters. The fraction of sp³-hybridized carbons (Fsp3) is 0.400. The summed E-state index contributed by atoms with van der Waals surface area (Å²) in [4.78, 5) is 15.3.